The van der Waals surface area contributed by atoms with E-state index in [9.17, 15) is 22.0 Å². The second-order valence-corrected chi connectivity index (χ2v) is 8.45. The molecule has 1 aromatic carbocycles. The van der Waals surface area contributed by atoms with Crippen LogP contribution in [-0.2, 0) is 21.2 Å². The molecule has 166 valence electrons. The van der Waals surface area contributed by atoms with Gasteiger partial charge in [-0.1, -0.05) is 43.4 Å². The number of allylic oxidation sites excluding steroid dienone is 5. The lowest BCUT2D eigenvalue weighted by atomic mass is 10.0. The minimum absolute atomic E-state index is 0.0699. The number of aliphatic carboxylic acids is 1. The molecule has 0 radical (unpaired) electrons. The Bertz CT molecular complexity index is 879. The minimum Gasteiger partial charge on any atom is -0.481 e. The Morgan fingerprint density at radius 2 is 2.00 bits per heavy atom. The Morgan fingerprint density at radius 3 is 2.53 bits per heavy atom. The van der Waals surface area contributed by atoms with Gasteiger partial charge in [-0.3, -0.25) is 4.79 Å². The third-order valence-corrected chi connectivity index (χ3v) is 6.08. The summed E-state index contributed by atoms with van der Waals surface area (Å²) >= 11 is 0. The van der Waals surface area contributed by atoms with Crippen LogP contribution in [0.4, 0.5) is 8.78 Å². The average molecular weight is 442 g/mol. The van der Waals surface area contributed by atoms with Gasteiger partial charge in [0, 0.05) is 24.4 Å². The van der Waals surface area contributed by atoms with Crippen molar-refractivity contribution in [2.45, 2.75) is 52.0 Å². The van der Waals surface area contributed by atoms with E-state index in [4.69, 9.17) is 5.11 Å². The molecular weight excluding hydrogens is 412 g/mol. The minimum atomic E-state index is -3.61. The molecule has 1 saturated heterocycles. The molecule has 1 aliphatic rings. The number of benzene rings is 1. The summed E-state index contributed by atoms with van der Waals surface area (Å²) in [6.45, 7) is 4.53. The fourth-order valence-corrected chi connectivity index (χ4v) is 4.20. The molecule has 0 amide bonds. The van der Waals surface area contributed by atoms with Crippen LogP contribution in [0.3, 0.4) is 0 Å². The van der Waals surface area contributed by atoms with Crippen LogP contribution in [0.2, 0.25) is 0 Å². The number of nitrogens with zero attached hydrogens (tertiary/aromatic N) is 1. The van der Waals surface area contributed by atoms with Gasteiger partial charge < -0.3 is 5.11 Å². The maximum atomic E-state index is 13.5. The van der Waals surface area contributed by atoms with E-state index in [2.05, 4.69) is 19.1 Å². The largest absolute Gasteiger partial charge is 0.481 e. The van der Waals surface area contributed by atoms with Crippen molar-refractivity contribution in [2.24, 2.45) is 0 Å². The van der Waals surface area contributed by atoms with Gasteiger partial charge in [0.2, 0.25) is 10.0 Å². The number of carboxylic acids is 1. The summed E-state index contributed by atoms with van der Waals surface area (Å²) in [6, 6.07) is 3.61. The molecule has 1 aliphatic heterocycles. The zero-order valence-corrected chi connectivity index (χ0v) is 18.1. The molecule has 0 aliphatic carbocycles. The van der Waals surface area contributed by atoms with Crippen molar-refractivity contribution < 1.29 is 27.1 Å². The quantitative estimate of drug-likeness (QED) is 0.440. The third-order valence-electron chi connectivity index (χ3n) is 4.45. The first kappa shape index (κ1) is 25.7. The van der Waals surface area contributed by atoms with E-state index >= 15 is 0 Å². The van der Waals surface area contributed by atoms with E-state index in [1.54, 1.807) is 0 Å². The highest BCUT2D eigenvalue weighted by molar-refractivity contribution is 7.92. The maximum Gasteiger partial charge on any atom is 0.303 e. The molecule has 2 rings (SSSR count). The first-order valence-electron chi connectivity index (χ1n) is 9.83. The number of hydrogen-bond acceptors (Lipinski definition) is 3. The molecule has 0 spiro atoms. The first-order valence-corrected chi connectivity index (χ1v) is 11.3. The topological polar surface area (TPSA) is 74.7 Å². The molecule has 30 heavy (non-hydrogen) atoms. The molecule has 1 N–H and O–H groups in total. The fraction of sp³-hybridized carbons (Fsp3) is 0.409. The van der Waals surface area contributed by atoms with Gasteiger partial charge in [-0.25, -0.2) is 17.2 Å². The second kappa shape index (κ2) is 13.1. The summed E-state index contributed by atoms with van der Waals surface area (Å²) in [5.74, 6) is -2.79. The van der Waals surface area contributed by atoms with Crippen molar-refractivity contribution in [3.05, 3.63) is 71.2 Å². The number of carbonyl (C=O) groups is 1. The van der Waals surface area contributed by atoms with Crippen molar-refractivity contribution in [3.8, 4) is 0 Å². The van der Waals surface area contributed by atoms with Crippen LogP contribution in [0.25, 0.3) is 0 Å². The lowest BCUT2D eigenvalue weighted by Crippen LogP contribution is -2.50. The second-order valence-electron chi connectivity index (χ2n) is 6.68. The van der Waals surface area contributed by atoms with Gasteiger partial charge in [0.25, 0.3) is 0 Å². The number of rotatable bonds is 9. The van der Waals surface area contributed by atoms with E-state index < -0.39 is 27.6 Å². The van der Waals surface area contributed by atoms with Crippen molar-refractivity contribution in [1.82, 2.24) is 4.31 Å². The summed E-state index contributed by atoms with van der Waals surface area (Å²) in [5.41, 5.74) is 0.184. The molecule has 0 saturated carbocycles. The Kier molecular flexibility index (Phi) is 11.2. The van der Waals surface area contributed by atoms with Crippen molar-refractivity contribution >= 4 is 16.0 Å². The highest BCUT2D eigenvalue weighted by Crippen LogP contribution is 2.26. The van der Waals surface area contributed by atoms with Gasteiger partial charge >= 0.3 is 5.97 Å². The van der Waals surface area contributed by atoms with Crippen LogP contribution in [0, 0.1) is 11.6 Å². The Hall–Kier alpha value is -2.32. The van der Waals surface area contributed by atoms with Crippen LogP contribution in [0.5, 0.6) is 0 Å². The predicted octanol–water partition coefficient (Wildman–Crippen LogP) is 4.82. The number of sulfonamides is 1. The van der Waals surface area contributed by atoms with Crippen molar-refractivity contribution in [2.75, 3.05) is 6.54 Å². The predicted molar refractivity (Wildman–Crippen MR) is 114 cm³/mol. The molecule has 1 heterocycles. The normalized spacial score (nSPS) is 17.3. The molecule has 1 aromatic rings. The molecule has 0 aromatic heterocycles. The molecule has 1 fully saturated rings. The standard InChI is InChI=1S/C17H19F2NO4S.C5H10/c18-15-7-4-6-13(17(15)19)5-2-1-3-12-25(23,24)20-11-10-14(20)8-9-16(21)22;1-3-5-4-2/h1-4,6-7,12,14H,5,8-11H2,(H,21,22);3,5H,4H2,1-2H3/b2-1-,12-3+;5-3-. The molecule has 1 unspecified atom stereocenters. The maximum absolute atomic E-state index is 13.5. The fourth-order valence-electron chi connectivity index (χ4n) is 2.77. The third kappa shape index (κ3) is 8.59. The van der Waals surface area contributed by atoms with Gasteiger partial charge in [0.1, 0.15) is 0 Å². The average Bonchev–Trinajstić information content (AvgIpc) is 2.64. The Labute approximate surface area is 177 Å². The molecule has 1 atom stereocenters. The molecule has 5 nitrogen and oxygen atoms in total. The smallest absolute Gasteiger partial charge is 0.303 e. The van der Waals surface area contributed by atoms with E-state index in [0.29, 0.717) is 13.0 Å². The lowest BCUT2D eigenvalue weighted by Gasteiger charge is -2.38. The molecule has 0 bridgehead atoms. The summed E-state index contributed by atoms with van der Waals surface area (Å²) in [5, 5.41) is 9.69. The highest BCUT2D eigenvalue weighted by Gasteiger charge is 2.35. The molecular formula is C22H29F2NO4S. The van der Waals surface area contributed by atoms with Gasteiger partial charge in [-0.05, 0) is 50.3 Å². The Morgan fingerprint density at radius 1 is 1.27 bits per heavy atom. The lowest BCUT2D eigenvalue weighted by molar-refractivity contribution is -0.137. The zero-order valence-electron chi connectivity index (χ0n) is 17.3. The van der Waals surface area contributed by atoms with Gasteiger partial charge in [0.15, 0.2) is 11.6 Å². The van der Waals surface area contributed by atoms with Crippen LogP contribution in [-0.4, -0.2) is 36.4 Å². The zero-order chi connectivity index (χ0) is 22.6. The van der Waals surface area contributed by atoms with Gasteiger partial charge in [-0.2, -0.15) is 4.31 Å². The van der Waals surface area contributed by atoms with Crippen molar-refractivity contribution in [1.29, 1.82) is 0 Å². The highest BCUT2D eigenvalue weighted by atomic mass is 32.2. The van der Waals surface area contributed by atoms with E-state index in [0.717, 1.165) is 17.9 Å². The van der Waals surface area contributed by atoms with Gasteiger partial charge in [-0.15, -0.1) is 0 Å². The van der Waals surface area contributed by atoms with Gasteiger partial charge in [0.05, 0.1) is 0 Å². The summed E-state index contributed by atoms with van der Waals surface area (Å²) in [7, 11) is -3.61. The summed E-state index contributed by atoms with van der Waals surface area (Å²) in [6.07, 6.45) is 10.6. The van der Waals surface area contributed by atoms with Crippen LogP contribution in [0.15, 0.2) is 54.0 Å². The van der Waals surface area contributed by atoms with Crippen LogP contribution in [0.1, 0.15) is 45.1 Å². The van der Waals surface area contributed by atoms with Crippen LogP contribution < -0.4 is 0 Å². The molecule has 8 heteroatoms. The van der Waals surface area contributed by atoms with Crippen molar-refractivity contribution in [3.63, 3.8) is 0 Å². The SMILES string of the molecule is C/C=C\CC.O=C(O)CCC1CCN1S(=O)(=O)/C=C/C=C\Cc1cccc(F)c1F. The number of hydrogen-bond donors (Lipinski definition) is 1. The Balaban J connectivity index is 0.000000804. The summed E-state index contributed by atoms with van der Waals surface area (Å²) in [4.78, 5) is 10.6. The van der Waals surface area contributed by atoms with E-state index in [1.807, 2.05) is 6.92 Å². The first-order chi connectivity index (χ1) is 14.2. The number of carboxylic acid groups (broad SMARTS) is 1. The van der Waals surface area contributed by atoms with E-state index in [1.165, 1.54) is 34.7 Å². The van der Waals surface area contributed by atoms with Crippen LogP contribution >= 0.6 is 0 Å². The van der Waals surface area contributed by atoms with E-state index in [-0.39, 0.29) is 30.9 Å². The summed E-state index contributed by atoms with van der Waals surface area (Å²) < 4.78 is 52.1. The number of halogens is 2. The monoisotopic (exact) mass is 441 g/mol.